The average molecular weight is 480 g/mol. The van der Waals surface area contributed by atoms with E-state index in [0.717, 1.165) is 18.0 Å². The first-order valence-corrected chi connectivity index (χ1v) is 8.55. The summed E-state index contributed by atoms with van der Waals surface area (Å²) in [5.41, 5.74) is 3.34. The summed E-state index contributed by atoms with van der Waals surface area (Å²) in [5, 5.41) is 6.51. The molecule has 2 heterocycles. The normalized spacial score (nSPS) is 11.1. The van der Waals surface area contributed by atoms with Crippen molar-refractivity contribution >= 4 is 29.9 Å². The van der Waals surface area contributed by atoms with Crippen molar-refractivity contribution in [3.05, 3.63) is 71.5 Å². The van der Waals surface area contributed by atoms with Gasteiger partial charge in [0.05, 0.1) is 18.6 Å². The van der Waals surface area contributed by atoms with E-state index in [0.29, 0.717) is 24.9 Å². The zero-order valence-electron chi connectivity index (χ0n) is 15.8. The van der Waals surface area contributed by atoms with Gasteiger partial charge in [0.2, 0.25) is 5.89 Å². The number of rotatable bonds is 6. The van der Waals surface area contributed by atoms with Crippen molar-refractivity contribution in [3.63, 3.8) is 0 Å². The SMILES string of the molecule is CN=C(NCc1ccc(Cn2ccnc2)cc1)NCc1nc(C)c(C)o1.I. The van der Waals surface area contributed by atoms with Crippen LogP contribution in [-0.4, -0.2) is 27.5 Å². The Morgan fingerprint density at radius 2 is 1.81 bits per heavy atom. The molecule has 0 spiro atoms. The van der Waals surface area contributed by atoms with Crippen molar-refractivity contribution in [2.24, 2.45) is 4.99 Å². The van der Waals surface area contributed by atoms with Gasteiger partial charge in [0.15, 0.2) is 5.96 Å². The Balaban J connectivity index is 0.00000261. The topological polar surface area (TPSA) is 80.3 Å². The molecule has 0 radical (unpaired) electrons. The quantitative estimate of drug-likeness (QED) is 0.322. The van der Waals surface area contributed by atoms with E-state index in [1.165, 1.54) is 11.1 Å². The van der Waals surface area contributed by atoms with Gasteiger partial charge >= 0.3 is 0 Å². The fourth-order valence-corrected chi connectivity index (χ4v) is 2.53. The van der Waals surface area contributed by atoms with Crippen LogP contribution in [0, 0.1) is 13.8 Å². The zero-order chi connectivity index (χ0) is 18.4. The molecule has 1 aromatic carbocycles. The molecule has 0 bridgehead atoms. The maximum atomic E-state index is 5.57. The highest BCUT2D eigenvalue weighted by molar-refractivity contribution is 14.0. The van der Waals surface area contributed by atoms with Crippen LogP contribution in [0.3, 0.4) is 0 Å². The molecular weight excluding hydrogens is 455 g/mol. The van der Waals surface area contributed by atoms with Crippen LogP contribution in [0.5, 0.6) is 0 Å². The molecule has 2 N–H and O–H groups in total. The number of aromatic nitrogens is 3. The van der Waals surface area contributed by atoms with Crippen LogP contribution in [0.15, 0.2) is 52.4 Å². The van der Waals surface area contributed by atoms with Gasteiger partial charge in [-0.05, 0) is 25.0 Å². The van der Waals surface area contributed by atoms with Crippen molar-refractivity contribution in [1.29, 1.82) is 0 Å². The van der Waals surface area contributed by atoms with Gasteiger partial charge in [-0.25, -0.2) is 9.97 Å². The zero-order valence-corrected chi connectivity index (χ0v) is 18.1. The third kappa shape index (κ3) is 6.09. The summed E-state index contributed by atoms with van der Waals surface area (Å²) >= 11 is 0. The van der Waals surface area contributed by atoms with Crippen LogP contribution in [0.2, 0.25) is 0 Å². The van der Waals surface area contributed by atoms with E-state index < -0.39 is 0 Å². The Bertz CT molecular complexity index is 835. The van der Waals surface area contributed by atoms with Gasteiger partial charge in [-0.2, -0.15) is 0 Å². The summed E-state index contributed by atoms with van der Waals surface area (Å²) in [6.45, 7) is 5.86. The first-order chi connectivity index (χ1) is 12.6. The van der Waals surface area contributed by atoms with Crippen LogP contribution in [0.4, 0.5) is 0 Å². The van der Waals surface area contributed by atoms with E-state index in [2.05, 4.69) is 49.9 Å². The van der Waals surface area contributed by atoms with E-state index in [-0.39, 0.29) is 24.0 Å². The Morgan fingerprint density at radius 1 is 1.11 bits per heavy atom. The molecule has 0 aliphatic heterocycles. The first kappa shape index (κ1) is 20.9. The molecule has 7 nitrogen and oxygen atoms in total. The van der Waals surface area contributed by atoms with E-state index in [4.69, 9.17) is 4.42 Å². The molecule has 3 rings (SSSR count). The third-order valence-corrected chi connectivity index (χ3v) is 4.11. The molecule has 0 unspecified atom stereocenters. The highest BCUT2D eigenvalue weighted by Crippen LogP contribution is 2.08. The first-order valence-electron chi connectivity index (χ1n) is 8.55. The van der Waals surface area contributed by atoms with Crippen LogP contribution in [0.25, 0.3) is 0 Å². The van der Waals surface area contributed by atoms with Crippen molar-refractivity contribution in [2.75, 3.05) is 7.05 Å². The molecule has 0 atom stereocenters. The van der Waals surface area contributed by atoms with E-state index >= 15 is 0 Å². The predicted molar refractivity (Wildman–Crippen MR) is 116 cm³/mol. The van der Waals surface area contributed by atoms with Gasteiger partial charge in [0.1, 0.15) is 5.76 Å². The van der Waals surface area contributed by atoms with E-state index in [1.807, 2.05) is 30.9 Å². The average Bonchev–Trinajstić information content (AvgIpc) is 3.26. The molecule has 0 aliphatic rings. The van der Waals surface area contributed by atoms with Gasteiger partial charge in [-0.3, -0.25) is 4.99 Å². The van der Waals surface area contributed by atoms with Crippen molar-refractivity contribution < 1.29 is 4.42 Å². The lowest BCUT2D eigenvalue weighted by Crippen LogP contribution is -2.36. The molecule has 8 heteroatoms. The molecule has 3 aromatic rings. The monoisotopic (exact) mass is 480 g/mol. The van der Waals surface area contributed by atoms with Gasteiger partial charge in [-0.1, -0.05) is 24.3 Å². The number of nitrogens with zero attached hydrogens (tertiary/aromatic N) is 4. The Kier molecular flexibility index (Phi) is 7.83. The Hall–Kier alpha value is -2.36. The number of hydrogen-bond donors (Lipinski definition) is 2. The number of aliphatic imine (C=N–C) groups is 1. The highest BCUT2D eigenvalue weighted by atomic mass is 127. The van der Waals surface area contributed by atoms with E-state index in [1.54, 1.807) is 13.2 Å². The van der Waals surface area contributed by atoms with Gasteiger partial charge in [0, 0.05) is 32.5 Å². The maximum absolute atomic E-state index is 5.57. The van der Waals surface area contributed by atoms with Gasteiger partial charge in [0.25, 0.3) is 0 Å². The molecule has 0 saturated heterocycles. The van der Waals surface area contributed by atoms with Crippen molar-refractivity contribution in [3.8, 4) is 0 Å². The fourth-order valence-electron chi connectivity index (χ4n) is 2.53. The van der Waals surface area contributed by atoms with Gasteiger partial charge in [-0.15, -0.1) is 24.0 Å². The number of benzene rings is 1. The number of imidazole rings is 1. The number of guanidine groups is 1. The molecule has 0 amide bonds. The summed E-state index contributed by atoms with van der Waals surface area (Å²) in [5.74, 6) is 2.22. The van der Waals surface area contributed by atoms with Crippen molar-refractivity contribution in [1.82, 2.24) is 25.2 Å². The summed E-state index contributed by atoms with van der Waals surface area (Å²) < 4.78 is 7.61. The fraction of sp³-hybridized carbons (Fsp3) is 0.316. The predicted octanol–water partition coefficient (Wildman–Crippen LogP) is 3.02. The number of aryl methyl sites for hydroxylation is 2. The molecular formula is C19H25IN6O. The number of nitrogens with one attached hydrogen (secondary N) is 2. The third-order valence-electron chi connectivity index (χ3n) is 4.11. The molecule has 144 valence electrons. The molecule has 0 aliphatic carbocycles. The Labute approximate surface area is 176 Å². The Morgan fingerprint density at radius 3 is 2.41 bits per heavy atom. The number of hydrogen-bond acceptors (Lipinski definition) is 4. The lowest BCUT2D eigenvalue weighted by Gasteiger charge is -2.11. The number of oxazole rings is 1. The summed E-state index contributed by atoms with van der Waals surface area (Å²) in [6.07, 6.45) is 5.57. The minimum absolute atomic E-state index is 0. The number of halogens is 1. The van der Waals surface area contributed by atoms with Gasteiger partial charge < -0.3 is 19.6 Å². The largest absolute Gasteiger partial charge is 0.444 e. The van der Waals surface area contributed by atoms with Crippen LogP contribution in [-0.2, 0) is 19.6 Å². The smallest absolute Gasteiger partial charge is 0.214 e. The lowest BCUT2D eigenvalue weighted by molar-refractivity contribution is 0.463. The minimum Gasteiger partial charge on any atom is -0.444 e. The second-order valence-corrected chi connectivity index (χ2v) is 6.08. The second kappa shape index (κ2) is 10.1. The van der Waals surface area contributed by atoms with Crippen LogP contribution in [0.1, 0.15) is 28.5 Å². The molecule has 27 heavy (non-hydrogen) atoms. The molecule has 2 aromatic heterocycles. The molecule has 0 saturated carbocycles. The van der Waals surface area contributed by atoms with Crippen molar-refractivity contribution in [2.45, 2.75) is 33.5 Å². The van der Waals surface area contributed by atoms with Crippen LogP contribution < -0.4 is 10.6 Å². The highest BCUT2D eigenvalue weighted by Gasteiger charge is 2.06. The molecule has 0 fully saturated rings. The maximum Gasteiger partial charge on any atom is 0.214 e. The summed E-state index contributed by atoms with van der Waals surface area (Å²) in [4.78, 5) is 12.6. The summed E-state index contributed by atoms with van der Waals surface area (Å²) in [7, 11) is 1.75. The van der Waals surface area contributed by atoms with E-state index in [9.17, 15) is 0 Å². The summed E-state index contributed by atoms with van der Waals surface area (Å²) in [6, 6.07) is 8.50. The lowest BCUT2D eigenvalue weighted by atomic mass is 10.1. The van der Waals surface area contributed by atoms with Crippen LogP contribution >= 0.6 is 24.0 Å². The second-order valence-electron chi connectivity index (χ2n) is 6.08. The minimum atomic E-state index is 0. The standard InChI is InChI=1S/C19H24N6O.HI/c1-14-15(2)26-18(24-14)11-23-19(20-3)22-10-16-4-6-17(7-5-16)12-25-9-8-21-13-25;/h4-9,13H,10-12H2,1-3H3,(H2,20,22,23);1H.